The molecule has 134 valence electrons. The molecule has 3 aliphatic rings. The van der Waals surface area contributed by atoms with Crippen molar-refractivity contribution in [1.29, 1.82) is 0 Å². The molecular formula is C21H16N2O2S2. The number of anilines is 1. The van der Waals surface area contributed by atoms with Crippen molar-refractivity contribution in [1.82, 2.24) is 4.98 Å². The maximum atomic E-state index is 12.2. The van der Waals surface area contributed by atoms with Gasteiger partial charge in [0.05, 0.1) is 16.0 Å². The summed E-state index contributed by atoms with van der Waals surface area (Å²) >= 11 is 3.11. The van der Waals surface area contributed by atoms with E-state index < -0.39 is 0 Å². The molecule has 0 spiro atoms. The van der Waals surface area contributed by atoms with Crippen molar-refractivity contribution in [3.8, 4) is 5.75 Å². The fourth-order valence-electron chi connectivity index (χ4n) is 3.20. The average Bonchev–Trinajstić information content (AvgIpc) is 3.27. The van der Waals surface area contributed by atoms with Gasteiger partial charge in [-0.1, -0.05) is 23.4 Å². The third-order valence-corrected chi connectivity index (χ3v) is 6.66. The van der Waals surface area contributed by atoms with Gasteiger partial charge in [0.1, 0.15) is 11.5 Å². The number of rotatable bonds is 0. The maximum Gasteiger partial charge on any atom is 0.234 e. The Morgan fingerprint density at radius 2 is 2.00 bits per heavy atom. The number of nitrogens with one attached hydrogen (secondary N) is 1. The number of thiazole rings is 1. The van der Waals surface area contributed by atoms with Gasteiger partial charge in [-0.15, -0.1) is 11.3 Å². The molecule has 3 aromatic rings. The SMILES string of the molecule is O=C1CSc2nc3cc(ccc3s2)CC2=CC(=CC2)Oc2ccc(cc2)N1. The molecular weight excluding hydrogens is 376 g/mol. The molecule has 0 unspecified atom stereocenters. The fourth-order valence-corrected chi connectivity index (χ4v) is 5.05. The van der Waals surface area contributed by atoms with Crippen LogP contribution in [0.1, 0.15) is 12.0 Å². The van der Waals surface area contributed by atoms with E-state index >= 15 is 0 Å². The predicted octanol–water partition coefficient (Wildman–Crippen LogP) is 5.18. The van der Waals surface area contributed by atoms with Gasteiger partial charge in [0, 0.05) is 5.69 Å². The first kappa shape index (κ1) is 16.6. The first-order valence-corrected chi connectivity index (χ1v) is 10.5. The van der Waals surface area contributed by atoms with Gasteiger partial charge in [-0.05, 0) is 67.0 Å². The fraction of sp³-hybridized carbons (Fsp3) is 0.143. The summed E-state index contributed by atoms with van der Waals surface area (Å²) in [6.07, 6.45) is 6.01. The lowest BCUT2D eigenvalue weighted by atomic mass is 10.0. The molecule has 0 saturated carbocycles. The zero-order valence-corrected chi connectivity index (χ0v) is 16.0. The summed E-state index contributed by atoms with van der Waals surface area (Å²) in [4.78, 5) is 16.9. The Balaban J connectivity index is 1.50. The Kier molecular flexibility index (Phi) is 4.22. The van der Waals surface area contributed by atoms with Crippen molar-refractivity contribution < 1.29 is 9.53 Å². The lowest BCUT2D eigenvalue weighted by Crippen LogP contribution is -2.13. The highest BCUT2D eigenvalue weighted by Crippen LogP contribution is 2.32. The van der Waals surface area contributed by atoms with Gasteiger partial charge in [0.2, 0.25) is 5.91 Å². The molecule has 2 aromatic carbocycles. The molecule has 3 heterocycles. The second-order valence-electron chi connectivity index (χ2n) is 6.54. The second kappa shape index (κ2) is 6.87. The number of nitrogens with zero attached hydrogens (tertiary/aromatic N) is 1. The maximum absolute atomic E-state index is 12.2. The minimum Gasteiger partial charge on any atom is -0.458 e. The molecule has 7 bridgehead atoms. The molecule has 6 rings (SSSR count). The van der Waals surface area contributed by atoms with Gasteiger partial charge in [0.15, 0.2) is 4.34 Å². The van der Waals surface area contributed by atoms with E-state index in [1.807, 2.05) is 24.3 Å². The summed E-state index contributed by atoms with van der Waals surface area (Å²) in [6.45, 7) is 0. The molecule has 4 nitrogen and oxygen atoms in total. The highest BCUT2D eigenvalue weighted by molar-refractivity contribution is 8.01. The summed E-state index contributed by atoms with van der Waals surface area (Å²) in [7, 11) is 0. The zero-order valence-electron chi connectivity index (χ0n) is 14.4. The van der Waals surface area contributed by atoms with Crippen molar-refractivity contribution in [2.45, 2.75) is 17.2 Å². The van der Waals surface area contributed by atoms with Crippen molar-refractivity contribution in [2.75, 3.05) is 11.1 Å². The van der Waals surface area contributed by atoms with E-state index in [0.717, 1.165) is 44.6 Å². The number of aromatic nitrogens is 1. The van der Waals surface area contributed by atoms with Crippen LogP contribution in [0.3, 0.4) is 0 Å². The molecule has 0 saturated heterocycles. The molecule has 0 atom stereocenters. The van der Waals surface area contributed by atoms with Crippen LogP contribution >= 0.6 is 23.1 Å². The van der Waals surface area contributed by atoms with E-state index in [2.05, 4.69) is 35.7 Å². The highest BCUT2D eigenvalue weighted by Gasteiger charge is 2.13. The van der Waals surface area contributed by atoms with Crippen LogP contribution in [0, 0.1) is 0 Å². The minimum atomic E-state index is -0.0409. The van der Waals surface area contributed by atoms with Crippen LogP contribution < -0.4 is 10.1 Å². The van der Waals surface area contributed by atoms with Crippen LogP contribution in [0.25, 0.3) is 10.2 Å². The largest absolute Gasteiger partial charge is 0.458 e. The molecule has 0 fully saturated rings. The van der Waals surface area contributed by atoms with E-state index in [9.17, 15) is 4.79 Å². The Bertz CT molecular complexity index is 1100. The molecule has 6 heteroatoms. The van der Waals surface area contributed by atoms with Crippen LogP contribution in [0.4, 0.5) is 5.69 Å². The molecule has 0 radical (unpaired) electrons. The summed E-state index contributed by atoms with van der Waals surface area (Å²) in [6, 6.07) is 13.9. The van der Waals surface area contributed by atoms with E-state index in [4.69, 9.17) is 9.72 Å². The number of fused-ring (bicyclic) bond motifs is 5. The van der Waals surface area contributed by atoms with E-state index in [1.54, 1.807) is 11.3 Å². The number of ether oxygens (including phenoxy) is 1. The number of hydrogen-bond acceptors (Lipinski definition) is 5. The minimum absolute atomic E-state index is 0.0409. The van der Waals surface area contributed by atoms with Gasteiger partial charge in [-0.3, -0.25) is 4.79 Å². The van der Waals surface area contributed by atoms with Gasteiger partial charge in [-0.2, -0.15) is 0 Å². The molecule has 1 aromatic heterocycles. The predicted molar refractivity (Wildman–Crippen MR) is 111 cm³/mol. The van der Waals surface area contributed by atoms with Crippen LogP contribution in [0.5, 0.6) is 5.75 Å². The van der Waals surface area contributed by atoms with Crippen LogP contribution in [-0.4, -0.2) is 16.6 Å². The first-order chi connectivity index (χ1) is 13.2. The van der Waals surface area contributed by atoms with Gasteiger partial charge in [0.25, 0.3) is 0 Å². The smallest absolute Gasteiger partial charge is 0.234 e. The topological polar surface area (TPSA) is 51.2 Å². The summed E-state index contributed by atoms with van der Waals surface area (Å²) in [5.74, 6) is 1.93. The summed E-state index contributed by atoms with van der Waals surface area (Å²) in [5, 5.41) is 2.92. The van der Waals surface area contributed by atoms with Crippen LogP contribution in [0.15, 0.2) is 70.3 Å². The Hall–Kier alpha value is -2.57. The monoisotopic (exact) mass is 392 g/mol. The van der Waals surface area contributed by atoms with Gasteiger partial charge in [-0.25, -0.2) is 4.98 Å². The summed E-state index contributed by atoms with van der Waals surface area (Å²) in [5.41, 5.74) is 4.34. The van der Waals surface area contributed by atoms with Crippen molar-refractivity contribution in [3.63, 3.8) is 0 Å². The number of benzene rings is 2. The second-order valence-corrected chi connectivity index (χ2v) is 8.79. The highest BCUT2D eigenvalue weighted by atomic mass is 32.2. The molecule has 27 heavy (non-hydrogen) atoms. The van der Waals surface area contributed by atoms with Crippen LogP contribution in [0.2, 0.25) is 0 Å². The van der Waals surface area contributed by atoms with Crippen molar-refractivity contribution in [2.24, 2.45) is 0 Å². The quantitative estimate of drug-likeness (QED) is 0.573. The third-order valence-electron chi connectivity index (χ3n) is 4.48. The lowest BCUT2D eigenvalue weighted by Gasteiger charge is -2.08. The summed E-state index contributed by atoms with van der Waals surface area (Å²) < 4.78 is 8.03. The number of allylic oxidation sites excluding steroid dienone is 3. The third kappa shape index (κ3) is 3.63. The molecule has 1 aliphatic carbocycles. The van der Waals surface area contributed by atoms with Crippen molar-refractivity contribution in [3.05, 3.63) is 71.5 Å². The molecule has 2 aliphatic heterocycles. The number of carbonyl (C=O) groups excluding carboxylic acids is 1. The molecule has 1 N–H and O–H groups in total. The first-order valence-electron chi connectivity index (χ1n) is 8.71. The van der Waals surface area contributed by atoms with Crippen LogP contribution in [-0.2, 0) is 11.2 Å². The zero-order chi connectivity index (χ0) is 18.2. The Morgan fingerprint density at radius 1 is 1.11 bits per heavy atom. The Labute approximate surface area is 165 Å². The van der Waals surface area contributed by atoms with Crippen molar-refractivity contribution >= 4 is 44.9 Å². The van der Waals surface area contributed by atoms with E-state index in [0.29, 0.717) is 5.75 Å². The van der Waals surface area contributed by atoms with E-state index in [1.165, 1.54) is 22.9 Å². The standard InChI is InChI=1S/C21H16N2O2S2/c24-20-12-26-21-23-18-11-14(2-8-19(18)27-21)9-13-1-5-17(10-13)25-16-6-3-15(22-20)4-7-16/h2-8,10-11H,1,9,12H2,(H,22,24). The van der Waals surface area contributed by atoms with Gasteiger partial charge >= 0.3 is 0 Å². The lowest BCUT2D eigenvalue weighted by molar-refractivity contribution is -0.113. The average molecular weight is 393 g/mol. The number of carbonyl (C=O) groups is 1. The number of thioether (sulfide) groups is 1. The normalized spacial score (nSPS) is 16.7. The Morgan fingerprint density at radius 3 is 2.89 bits per heavy atom. The number of amides is 1. The van der Waals surface area contributed by atoms with Gasteiger partial charge < -0.3 is 10.1 Å². The molecule has 1 amide bonds. The number of hydrogen-bond donors (Lipinski definition) is 1. The van der Waals surface area contributed by atoms with E-state index in [-0.39, 0.29) is 5.91 Å².